The maximum absolute atomic E-state index is 4.41. The topological polar surface area (TPSA) is 12.9 Å². The molecule has 0 bridgehead atoms. The first-order chi connectivity index (χ1) is 4.74. The maximum Gasteiger partial charge on any atom is 0.107 e. The average molecular weight is 173 g/mol. The predicted octanol–water partition coefficient (Wildman–Crippen LogP) is 2.99. The summed E-state index contributed by atoms with van der Waals surface area (Å²) in [7, 11) is 0. The van der Waals surface area contributed by atoms with Crippen LogP contribution in [0.5, 0.6) is 0 Å². The molecule has 0 atom stereocenters. The molecule has 0 amide bonds. The largest absolute Gasteiger partial charge is 0.235 e. The molecule has 10 heavy (non-hydrogen) atoms. The molecule has 0 aromatic carbocycles. The summed E-state index contributed by atoms with van der Waals surface area (Å²) in [5.41, 5.74) is 0. The number of nitrogens with zero attached hydrogens (tertiary/aromatic N) is 1. The summed E-state index contributed by atoms with van der Waals surface area (Å²) in [5.74, 6) is 0.575. The molecule has 1 heterocycles. The summed E-state index contributed by atoms with van der Waals surface area (Å²) in [5, 5.41) is 4.50. The number of thioether (sulfide) groups is 1. The van der Waals surface area contributed by atoms with E-state index < -0.39 is 0 Å². The van der Waals surface area contributed by atoms with Crippen molar-refractivity contribution >= 4 is 23.1 Å². The molecule has 1 aromatic heterocycles. The second kappa shape index (κ2) is 3.39. The molecule has 1 nitrogen and oxygen atoms in total. The second-order valence-electron chi connectivity index (χ2n) is 2.38. The molecule has 0 fully saturated rings. The third-order valence-corrected chi connectivity index (χ3v) is 3.13. The van der Waals surface area contributed by atoms with Crippen LogP contribution in [-0.2, 0) is 0 Å². The van der Waals surface area contributed by atoms with E-state index in [1.54, 1.807) is 23.1 Å². The lowest BCUT2D eigenvalue weighted by Gasteiger charge is -1.95. The van der Waals surface area contributed by atoms with E-state index in [9.17, 15) is 0 Å². The van der Waals surface area contributed by atoms with E-state index in [1.165, 1.54) is 5.01 Å². The quantitative estimate of drug-likeness (QED) is 0.638. The summed E-state index contributed by atoms with van der Waals surface area (Å²) in [6.07, 6.45) is 2.05. The van der Waals surface area contributed by atoms with Crippen LogP contribution in [0, 0.1) is 0 Å². The van der Waals surface area contributed by atoms with Gasteiger partial charge in [-0.25, -0.2) is 4.98 Å². The van der Waals surface area contributed by atoms with Crippen molar-refractivity contribution in [2.75, 3.05) is 6.26 Å². The Bertz CT molecular complexity index is 205. The molecule has 0 radical (unpaired) electrons. The highest BCUT2D eigenvalue weighted by molar-refractivity contribution is 7.98. The molecule has 0 aliphatic rings. The van der Waals surface area contributed by atoms with Crippen molar-refractivity contribution in [3.8, 4) is 0 Å². The lowest BCUT2D eigenvalue weighted by molar-refractivity contribution is 0.839. The van der Waals surface area contributed by atoms with Crippen LogP contribution in [-0.4, -0.2) is 11.2 Å². The summed E-state index contributed by atoms with van der Waals surface area (Å²) < 4.78 is 0. The van der Waals surface area contributed by atoms with Gasteiger partial charge in [-0.05, 0) is 6.26 Å². The van der Waals surface area contributed by atoms with E-state index in [-0.39, 0.29) is 0 Å². The van der Waals surface area contributed by atoms with Crippen LogP contribution in [0.15, 0.2) is 10.4 Å². The van der Waals surface area contributed by atoms with Gasteiger partial charge in [-0.3, -0.25) is 0 Å². The smallest absolute Gasteiger partial charge is 0.107 e. The van der Waals surface area contributed by atoms with Gasteiger partial charge in [0.2, 0.25) is 0 Å². The fourth-order valence-electron chi connectivity index (χ4n) is 0.631. The number of aromatic nitrogens is 1. The van der Waals surface area contributed by atoms with Gasteiger partial charge in [-0.2, -0.15) is 0 Å². The van der Waals surface area contributed by atoms with Gasteiger partial charge in [0.15, 0.2) is 0 Å². The molecule has 0 unspecified atom stereocenters. The number of thiazole rings is 1. The van der Waals surface area contributed by atoms with Crippen LogP contribution in [0.2, 0.25) is 0 Å². The molecular weight excluding hydrogens is 162 g/mol. The van der Waals surface area contributed by atoms with E-state index in [1.807, 2.05) is 0 Å². The van der Waals surface area contributed by atoms with Gasteiger partial charge in [0.25, 0.3) is 0 Å². The van der Waals surface area contributed by atoms with Gasteiger partial charge in [0.05, 0.1) is 5.01 Å². The van der Waals surface area contributed by atoms with Crippen LogP contribution in [0.1, 0.15) is 24.8 Å². The first-order valence-electron chi connectivity index (χ1n) is 3.23. The molecule has 0 saturated heterocycles. The standard InChI is InChI=1S/C7H11NS2/c1-5(2)7-8-6(9-3)4-10-7/h4-5H,1-3H3. The van der Waals surface area contributed by atoms with E-state index in [4.69, 9.17) is 0 Å². The highest BCUT2D eigenvalue weighted by atomic mass is 32.2. The Balaban J connectivity index is 2.78. The Morgan fingerprint density at radius 3 is 2.60 bits per heavy atom. The zero-order valence-corrected chi connectivity index (χ0v) is 8.05. The molecule has 0 aliphatic heterocycles. The van der Waals surface area contributed by atoms with Crippen LogP contribution < -0.4 is 0 Å². The number of hydrogen-bond donors (Lipinski definition) is 0. The SMILES string of the molecule is CSc1csc(C(C)C)n1. The van der Waals surface area contributed by atoms with E-state index in [2.05, 4.69) is 30.5 Å². The highest BCUT2D eigenvalue weighted by Crippen LogP contribution is 2.23. The molecule has 3 heteroatoms. The minimum Gasteiger partial charge on any atom is -0.235 e. The summed E-state index contributed by atoms with van der Waals surface area (Å²) in [6, 6.07) is 0. The van der Waals surface area contributed by atoms with Gasteiger partial charge in [-0.15, -0.1) is 23.1 Å². The van der Waals surface area contributed by atoms with E-state index >= 15 is 0 Å². The normalized spacial score (nSPS) is 10.8. The lowest BCUT2D eigenvalue weighted by atomic mass is 10.2. The monoisotopic (exact) mass is 173 g/mol. The van der Waals surface area contributed by atoms with Crippen LogP contribution in [0.3, 0.4) is 0 Å². The Morgan fingerprint density at radius 2 is 2.30 bits per heavy atom. The average Bonchev–Trinajstić information content (AvgIpc) is 2.34. The first-order valence-corrected chi connectivity index (χ1v) is 5.34. The zero-order valence-electron chi connectivity index (χ0n) is 6.42. The molecule has 1 rings (SSSR count). The third-order valence-electron chi connectivity index (χ3n) is 1.20. The molecule has 0 saturated carbocycles. The number of hydrogen-bond acceptors (Lipinski definition) is 3. The fourth-order valence-corrected chi connectivity index (χ4v) is 2.11. The van der Waals surface area contributed by atoms with Crippen molar-refractivity contribution in [2.45, 2.75) is 24.8 Å². The van der Waals surface area contributed by atoms with Crippen molar-refractivity contribution in [2.24, 2.45) is 0 Å². The summed E-state index contributed by atoms with van der Waals surface area (Å²) >= 11 is 3.46. The van der Waals surface area contributed by atoms with Crippen molar-refractivity contribution in [1.82, 2.24) is 4.98 Å². The summed E-state index contributed by atoms with van der Waals surface area (Å²) in [6.45, 7) is 4.34. The molecule has 0 spiro atoms. The van der Waals surface area contributed by atoms with Gasteiger partial charge in [0.1, 0.15) is 5.03 Å². The van der Waals surface area contributed by atoms with Crippen molar-refractivity contribution in [1.29, 1.82) is 0 Å². The van der Waals surface area contributed by atoms with E-state index in [0.29, 0.717) is 5.92 Å². The lowest BCUT2D eigenvalue weighted by Crippen LogP contribution is -1.83. The van der Waals surface area contributed by atoms with Crippen LogP contribution in [0.25, 0.3) is 0 Å². The zero-order chi connectivity index (χ0) is 7.56. The number of rotatable bonds is 2. The van der Waals surface area contributed by atoms with Crippen LogP contribution in [0.4, 0.5) is 0 Å². The van der Waals surface area contributed by atoms with Gasteiger partial charge in [0, 0.05) is 11.3 Å². The Morgan fingerprint density at radius 1 is 1.60 bits per heavy atom. The van der Waals surface area contributed by atoms with Gasteiger partial charge in [-0.1, -0.05) is 13.8 Å². The maximum atomic E-state index is 4.41. The molecule has 1 aromatic rings. The minimum absolute atomic E-state index is 0.575. The van der Waals surface area contributed by atoms with E-state index in [0.717, 1.165) is 5.03 Å². The first kappa shape index (κ1) is 8.08. The molecule has 56 valence electrons. The van der Waals surface area contributed by atoms with Gasteiger partial charge < -0.3 is 0 Å². The Kier molecular flexibility index (Phi) is 2.74. The van der Waals surface area contributed by atoms with Crippen molar-refractivity contribution in [3.05, 3.63) is 10.4 Å². The Labute approximate surface area is 69.9 Å². The predicted molar refractivity (Wildman–Crippen MR) is 48.0 cm³/mol. The second-order valence-corrected chi connectivity index (χ2v) is 4.10. The van der Waals surface area contributed by atoms with Crippen LogP contribution >= 0.6 is 23.1 Å². The fraction of sp³-hybridized carbons (Fsp3) is 0.571. The molecular formula is C7H11NS2. The Hall–Kier alpha value is -0.0200. The highest BCUT2D eigenvalue weighted by Gasteiger charge is 2.03. The summed E-state index contributed by atoms with van der Waals surface area (Å²) in [4.78, 5) is 4.41. The van der Waals surface area contributed by atoms with Crippen molar-refractivity contribution in [3.63, 3.8) is 0 Å². The van der Waals surface area contributed by atoms with Gasteiger partial charge >= 0.3 is 0 Å². The van der Waals surface area contributed by atoms with Crippen molar-refractivity contribution < 1.29 is 0 Å². The molecule has 0 aliphatic carbocycles. The minimum atomic E-state index is 0.575. The molecule has 0 N–H and O–H groups in total. The third kappa shape index (κ3) is 1.73.